The summed E-state index contributed by atoms with van der Waals surface area (Å²) in [5.41, 5.74) is 0. The number of hydrogen-bond acceptors (Lipinski definition) is 3. The van der Waals surface area contributed by atoms with Crippen molar-refractivity contribution in [2.24, 2.45) is 5.92 Å². The van der Waals surface area contributed by atoms with Gasteiger partial charge < -0.3 is 19.3 Å². The highest BCUT2D eigenvalue weighted by Crippen LogP contribution is 2.17. The predicted molar refractivity (Wildman–Crippen MR) is 75.3 cm³/mol. The van der Waals surface area contributed by atoms with Gasteiger partial charge in [0, 0.05) is 47.0 Å². The monoisotopic (exact) mass is 272 g/mol. The zero-order chi connectivity index (χ0) is 14.1. The molecule has 0 aromatic carbocycles. The van der Waals surface area contributed by atoms with Crippen molar-refractivity contribution in [2.45, 2.75) is 26.2 Å². The lowest BCUT2D eigenvalue weighted by Gasteiger charge is -2.35. The van der Waals surface area contributed by atoms with E-state index in [4.69, 9.17) is 9.47 Å². The second kappa shape index (κ2) is 9.15. The molecular weight excluding hydrogens is 244 g/mol. The molecule has 1 heterocycles. The average Bonchev–Trinajstić information content (AvgIpc) is 2.42. The minimum atomic E-state index is 0.153. The van der Waals surface area contributed by atoms with E-state index in [2.05, 4.69) is 6.92 Å². The topological polar surface area (TPSA) is 42.0 Å². The SMILES string of the molecule is COCCCN(CCOC)C(=O)N1CCCC(C)C1. The van der Waals surface area contributed by atoms with Gasteiger partial charge >= 0.3 is 6.03 Å². The summed E-state index contributed by atoms with van der Waals surface area (Å²) in [5, 5.41) is 0. The average molecular weight is 272 g/mol. The Morgan fingerprint density at radius 2 is 2.00 bits per heavy atom. The van der Waals surface area contributed by atoms with Gasteiger partial charge in [-0.1, -0.05) is 6.92 Å². The normalized spacial score (nSPS) is 19.5. The van der Waals surface area contributed by atoms with Gasteiger partial charge in [-0.15, -0.1) is 0 Å². The van der Waals surface area contributed by atoms with Crippen molar-refractivity contribution in [1.82, 2.24) is 9.80 Å². The molecule has 1 aliphatic heterocycles. The third-order valence-corrected chi connectivity index (χ3v) is 3.54. The third-order valence-electron chi connectivity index (χ3n) is 3.54. The molecule has 0 aromatic heterocycles. The second-order valence-electron chi connectivity index (χ2n) is 5.30. The Bertz CT molecular complexity index is 261. The lowest BCUT2D eigenvalue weighted by atomic mass is 10.0. The maximum absolute atomic E-state index is 12.5. The molecule has 112 valence electrons. The number of carbonyl (C=O) groups excluding carboxylic acids is 1. The summed E-state index contributed by atoms with van der Waals surface area (Å²) in [4.78, 5) is 16.4. The van der Waals surface area contributed by atoms with Crippen molar-refractivity contribution in [3.8, 4) is 0 Å². The predicted octanol–water partition coefficient (Wildman–Crippen LogP) is 1.82. The molecule has 1 atom stereocenters. The molecule has 0 aromatic rings. The van der Waals surface area contributed by atoms with E-state index in [1.165, 1.54) is 6.42 Å². The molecule has 0 aliphatic carbocycles. The van der Waals surface area contributed by atoms with E-state index >= 15 is 0 Å². The van der Waals surface area contributed by atoms with E-state index < -0.39 is 0 Å². The quantitative estimate of drug-likeness (QED) is 0.664. The molecule has 1 saturated heterocycles. The molecule has 1 fully saturated rings. The Balaban J connectivity index is 2.48. The number of carbonyl (C=O) groups is 1. The number of amides is 2. The summed E-state index contributed by atoms with van der Waals surface area (Å²) in [7, 11) is 3.36. The van der Waals surface area contributed by atoms with Crippen LogP contribution in [0.25, 0.3) is 0 Å². The smallest absolute Gasteiger partial charge is 0.320 e. The van der Waals surface area contributed by atoms with Crippen LogP contribution in [0.15, 0.2) is 0 Å². The van der Waals surface area contributed by atoms with E-state index in [0.29, 0.717) is 25.7 Å². The highest BCUT2D eigenvalue weighted by Gasteiger charge is 2.24. The van der Waals surface area contributed by atoms with Crippen molar-refractivity contribution in [3.05, 3.63) is 0 Å². The molecule has 1 rings (SSSR count). The maximum atomic E-state index is 12.5. The van der Waals surface area contributed by atoms with Crippen LogP contribution in [0.1, 0.15) is 26.2 Å². The van der Waals surface area contributed by atoms with Gasteiger partial charge in [-0.05, 0) is 25.2 Å². The Kier molecular flexibility index (Phi) is 7.82. The number of ether oxygens (including phenoxy) is 2. The lowest BCUT2D eigenvalue weighted by molar-refractivity contribution is 0.105. The van der Waals surface area contributed by atoms with Gasteiger partial charge in [0.2, 0.25) is 0 Å². The fourth-order valence-electron chi connectivity index (χ4n) is 2.47. The summed E-state index contributed by atoms with van der Waals surface area (Å²) >= 11 is 0. The van der Waals surface area contributed by atoms with E-state index in [1.807, 2.05) is 9.80 Å². The number of methoxy groups -OCH3 is 2. The van der Waals surface area contributed by atoms with Crippen molar-refractivity contribution in [3.63, 3.8) is 0 Å². The van der Waals surface area contributed by atoms with Gasteiger partial charge in [0.15, 0.2) is 0 Å². The fraction of sp³-hybridized carbons (Fsp3) is 0.929. The first-order valence-corrected chi connectivity index (χ1v) is 7.20. The van der Waals surface area contributed by atoms with Crippen molar-refractivity contribution < 1.29 is 14.3 Å². The first-order valence-electron chi connectivity index (χ1n) is 7.20. The number of urea groups is 1. The molecule has 0 bridgehead atoms. The zero-order valence-corrected chi connectivity index (χ0v) is 12.6. The number of likely N-dealkylation sites (tertiary alicyclic amines) is 1. The van der Waals surface area contributed by atoms with Crippen LogP contribution in [0, 0.1) is 5.92 Å². The molecule has 1 aliphatic rings. The van der Waals surface area contributed by atoms with Gasteiger partial charge in [-0.3, -0.25) is 0 Å². The van der Waals surface area contributed by atoms with Crippen molar-refractivity contribution in [1.29, 1.82) is 0 Å². The van der Waals surface area contributed by atoms with Gasteiger partial charge in [-0.25, -0.2) is 4.79 Å². The summed E-state index contributed by atoms with van der Waals surface area (Å²) < 4.78 is 10.1. The van der Waals surface area contributed by atoms with E-state index in [1.54, 1.807) is 14.2 Å². The van der Waals surface area contributed by atoms with Crippen LogP contribution in [0.2, 0.25) is 0 Å². The Labute approximate surface area is 116 Å². The molecule has 19 heavy (non-hydrogen) atoms. The Morgan fingerprint density at radius 3 is 2.63 bits per heavy atom. The van der Waals surface area contributed by atoms with Gasteiger partial charge in [0.05, 0.1) is 6.61 Å². The molecular formula is C14H28N2O3. The number of piperidine rings is 1. The van der Waals surface area contributed by atoms with Crippen LogP contribution in [0.3, 0.4) is 0 Å². The summed E-state index contributed by atoms with van der Waals surface area (Å²) in [5.74, 6) is 0.612. The minimum Gasteiger partial charge on any atom is -0.385 e. The maximum Gasteiger partial charge on any atom is 0.320 e. The van der Waals surface area contributed by atoms with E-state index in [0.717, 1.165) is 32.5 Å². The second-order valence-corrected chi connectivity index (χ2v) is 5.30. The summed E-state index contributed by atoms with van der Waals surface area (Å²) in [6, 6.07) is 0.153. The molecule has 0 N–H and O–H groups in total. The first-order chi connectivity index (χ1) is 9.19. The highest BCUT2D eigenvalue weighted by atomic mass is 16.5. The molecule has 0 radical (unpaired) electrons. The Morgan fingerprint density at radius 1 is 1.26 bits per heavy atom. The van der Waals surface area contributed by atoms with Crippen LogP contribution in [-0.4, -0.2) is 69.4 Å². The molecule has 1 unspecified atom stereocenters. The number of nitrogens with zero attached hydrogens (tertiary/aromatic N) is 2. The van der Waals surface area contributed by atoms with Crippen LogP contribution in [0.4, 0.5) is 4.79 Å². The largest absolute Gasteiger partial charge is 0.385 e. The van der Waals surface area contributed by atoms with Gasteiger partial charge in [0.1, 0.15) is 0 Å². The van der Waals surface area contributed by atoms with Crippen molar-refractivity contribution >= 4 is 6.03 Å². The van der Waals surface area contributed by atoms with E-state index in [9.17, 15) is 4.79 Å². The minimum absolute atomic E-state index is 0.153. The van der Waals surface area contributed by atoms with Crippen LogP contribution in [-0.2, 0) is 9.47 Å². The van der Waals surface area contributed by atoms with Gasteiger partial charge in [-0.2, -0.15) is 0 Å². The molecule has 2 amide bonds. The first kappa shape index (κ1) is 16.2. The number of hydrogen-bond donors (Lipinski definition) is 0. The lowest BCUT2D eigenvalue weighted by Crippen LogP contribution is -2.48. The van der Waals surface area contributed by atoms with E-state index in [-0.39, 0.29) is 6.03 Å². The fourth-order valence-corrected chi connectivity index (χ4v) is 2.47. The molecule has 0 spiro atoms. The number of rotatable bonds is 7. The Hall–Kier alpha value is -0.810. The molecule has 5 heteroatoms. The standard InChI is InChI=1S/C14H28N2O3/c1-13-6-4-7-16(12-13)14(17)15(9-11-19-3)8-5-10-18-2/h13H,4-12H2,1-3H3. The molecule has 0 saturated carbocycles. The van der Waals surface area contributed by atoms with Crippen molar-refractivity contribution in [2.75, 3.05) is 53.6 Å². The summed E-state index contributed by atoms with van der Waals surface area (Å²) in [6.07, 6.45) is 3.21. The van der Waals surface area contributed by atoms with Crippen LogP contribution >= 0.6 is 0 Å². The summed E-state index contributed by atoms with van der Waals surface area (Å²) in [6.45, 7) is 6.65. The zero-order valence-electron chi connectivity index (χ0n) is 12.6. The van der Waals surface area contributed by atoms with Crippen LogP contribution in [0.5, 0.6) is 0 Å². The highest BCUT2D eigenvalue weighted by molar-refractivity contribution is 5.74. The van der Waals surface area contributed by atoms with Gasteiger partial charge in [0.25, 0.3) is 0 Å². The van der Waals surface area contributed by atoms with Crippen LogP contribution < -0.4 is 0 Å². The molecule has 5 nitrogen and oxygen atoms in total. The third kappa shape index (κ3) is 5.78.